The Balaban J connectivity index is 1.79. The van der Waals surface area contributed by atoms with Crippen molar-refractivity contribution in [2.75, 3.05) is 0 Å². The van der Waals surface area contributed by atoms with Crippen molar-refractivity contribution in [3.8, 4) is 0 Å². The van der Waals surface area contributed by atoms with Gasteiger partial charge in [-0.15, -0.1) is 0 Å². The van der Waals surface area contributed by atoms with E-state index in [1.165, 1.54) is 12.1 Å². The maximum absolute atomic E-state index is 12.8. The predicted octanol–water partition coefficient (Wildman–Crippen LogP) is 5.54. The van der Waals surface area contributed by atoms with Crippen LogP contribution in [0.4, 0.5) is 18.9 Å². The Morgan fingerprint density at radius 2 is 1.85 bits per heavy atom. The molecule has 138 valence electrons. The molecule has 0 bridgehead atoms. The van der Waals surface area contributed by atoms with E-state index in [9.17, 15) is 18.0 Å². The maximum atomic E-state index is 12.8. The summed E-state index contributed by atoms with van der Waals surface area (Å²) in [4.78, 5) is 16.6. The average molecular weight is 388 g/mol. The van der Waals surface area contributed by atoms with Gasteiger partial charge in [0.25, 0.3) is 5.91 Å². The summed E-state index contributed by atoms with van der Waals surface area (Å²) in [5, 5.41) is 2.83. The van der Waals surface area contributed by atoms with E-state index < -0.39 is 11.7 Å². The molecule has 2 aromatic carbocycles. The number of carbonyl (C=O) groups is 1. The van der Waals surface area contributed by atoms with E-state index in [-0.39, 0.29) is 16.8 Å². The Morgan fingerprint density at radius 1 is 1.11 bits per heavy atom. The van der Waals surface area contributed by atoms with Crippen molar-refractivity contribution in [1.82, 2.24) is 5.32 Å². The number of halogens is 3. The van der Waals surface area contributed by atoms with Gasteiger partial charge in [0.15, 0.2) is 5.17 Å². The van der Waals surface area contributed by atoms with Gasteiger partial charge >= 0.3 is 6.18 Å². The van der Waals surface area contributed by atoms with Crippen LogP contribution in [0, 0.1) is 0 Å². The van der Waals surface area contributed by atoms with Gasteiger partial charge in [-0.2, -0.15) is 13.2 Å². The first-order chi connectivity index (χ1) is 12.8. The van der Waals surface area contributed by atoms with Crippen molar-refractivity contribution in [3.05, 3.63) is 82.3 Å². The third kappa shape index (κ3) is 5.10. The number of hydrogen-bond acceptors (Lipinski definition) is 3. The second-order valence-electron chi connectivity index (χ2n) is 5.83. The molecule has 0 unspecified atom stereocenters. The molecule has 0 aliphatic carbocycles. The van der Waals surface area contributed by atoms with E-state index in [4.69, 9.17) is 0 Å². The number of amidine groups is 1. The summed E-state index contributed by atoms with van der Waals surface area (Å²) >= 11 is 1.09. The predicted molar refractivity (Wildman–Crippen MR) is 102 cm³/mol. The molecule has 1 fully saturated rings. The summed E-state index contributed by atoms with van der Waals surface area (Å²) in [6.45, 7) is 1.87. The zero-order chi connectivity index (χ0) is 19.4. The zero-order valence-electron chi connectivity index (χ0n) is 14.2. The van der Waals surface area contributed by atoms with Gasteiger partial charge in [-0.25, -0.2) is 4.99 Å². The molecule has 0 atom stereocenters. The van der Waals surface area contributed by atoms with Crippen LogP contribution in [-0.2, 0) is 11.0 Å². The number of rotatable bonds is 3. The quantitative estimate of drug-likeness (QED) is 0.701. The molecular weight excluding hydrogens is 373 g/mol. The molecule has 2 aromatic rings. The van der Waals surface area contributed by atoms with Crippen molar-refractivity contribution in [2.24, 2.45) is 4.99 Å². The summed E-state index contributed by atoms with van der Waals surface area (Å²) in [6, 6.07) is 14.3. The van der Waals surface area contributed by atoms with Gasteiger partial charge in [-0.1, -0.05) is 42.5 Å². The Labute approximate surface area is 158 Å². The van der Waals surface area contributed by atoms with Crippen LogP contribution in [0.25, 0.3) is 6.08 Å². The Morgan fingerprint density at radius 3 is 2.56 bits per heavy atom. The van der Waals surface area contributed by atoms with Crippen LogP contribution in [0.2, 0.25) is 0 Å². The number of benzene rings is 2. The fraction of sp³-hybridized carbons (Fsp3) is 0.100. The van der Waals surface area contributed by atoms with Gasteiger partial charge < -0.3 is 5.32 Å². The fourth-order valence-corrected chi connectivity index (χ4v) is 3.30. The van der Waals surface area contributed by atoms with E-state index in [0.29, 0.717) is 4.91 Å². The summed E-state index contributed by atoms with van der Waals surface area (Å²) < 4.78 is 38.4. The summed E-state index contributed by atoms with van der Waals surface area (Å²) in [5.74, 6) is -0.327. The third-order valence-corrected chi connectivity index (χ3v) is 4.52. The highest BCUT2D eigenvalue weighted by atomic mass is 32.2. The van der Waals surface area contributed by atoms with Gasteiger partial charge in [-0.3, -0.25) is 4.79 Å². The highest BCUT2D eigenvalue weighted by molar-refractivity contribution is 8.18. The molecule has 1 N–H and O–H groups in total. The van der Waals surface area contributed by atoms with Crippen LogP contribution >= 0.6 is 11.8 Å². The lowest BCUT2D eigenvalue weighted by atomic mass is 10.1. The van der Waals surface area contributed by atoms with E-state index in [1.807, 2.05) is 43.3 Å². The van der Waals surface area contributed by atoms with Gasteiger partial charge in [0.2, 0.25) is 0 Å². The molecule has 0 aromatic heterocycles. The lowest BCUT2D eigenvalue weighted by Gasteiger charge is -2.06. The summed E-state index contributed by atoms with van der Waals surface area (Å²) in [6.07, 6.45) is -0.781. The second-order valence-corrected chi connectivity index (χ2v) is 6.86. The lowest BCUT2D eigenvalue weighted by Crippen LogP contribution is -2.19. The lowest BCUT2D eigenvalue weighted by molar-refractivity contribution is -0.137. The van der Waals surface area contributed by atoms with Crippen LogP contribution in [0.15, 0.2) is 76.1 Å². The van der Waals surface area contributed by atoms with Crippen LogP contribution in [0.1, 0.15) is 18.1 Å². The summed E-state index contributed by atoms with van der Waals surface area (Å²) in [5.41, 5.74) is 1.23. The van der Waals surface area contributed by atoms with Gasteiger partial charge in [0.1, 0.15) is 0 Å². The molecule has 1 amide bonds. The molecule has 27 heavy (non-hydrogen) atoms. The van der Waals surface area contributed by atoms with Crippen LogP contribution in [-0.4, -0.2) is 11.1 Å². The van der Waals surface area contributed by atoms with E-state index in [1.54, 1.807) is 6.08 Å². The minimum Gasteiger partial charge on any atom is -0.300 e. The van der Waals surface area contributed by atoms with Crippen LogP contribution in [0.5, 0.6) is 0 Å². The average Bonchev–Trinajstić information content (AvgIpc) is 2.94. The Bertz CT molecular complexity index is 947. The van der Waals surface area contributed by atoms with E-state index in [0.717, 1.165) is 35.0 Å². The minimum absolute atomic E-state index is 0.130. The molecule has 3 nitrogen and oxygen atoms in total. The SMILES string of the molecule is CC(=Cc1ccccc1)C=C1SC(=Nc2cccc(C(F)(F)F)c2)NC1=O. The van der Waals surface area contributed by atoms with E-state index >= 15 is 0 Å². The Kier molecular flexibility index (Phi) is 5.51. The number of hydrogen-bond donors (Lipinski definition) is 1. The maximum Gasteiger partial charge on any atom is 0.416 e. The number of amides is 1. The van der Waals surface area contributed by atoms with Crippen LogP contribution < -0.4 is 5.32 Å². The molecule has 0 spiro atoms. The van der Waals surface area contributed by atoms with Crippen molar-refractivity contribution in [3.63, 3.8) is 0 Å². The Hall–Kier alpha value is -2.80. The van der Waals surface area contributed by atoms with Crippen LogP contribution in [0.3, 0.4) is 0 Å². The zero-order valence-corrected chi connectivity index (χ0v) is 15.1. The molecule has 7 heteroatoms. The first-order valence-electron chi connectivity index (χ1n) is 8.01. The standard InChI is InChI=1S/C20H15F3N2OS/c1-13(10-14-6-3-2-4-7-14)11-17-18(26)25-19(27-17)24-16-9-5-8-15(12-16)20(21,22)23/h2-12H,1H3,(H,24,25,26). The number of allylic oxidation sites excluding steroid dienone is 2. The normalized spacial score (nSPS) is 18.2. The fourth-order valence-electron chi connectivity index (χ4n) is 2.41. The highest BCUT2D eigenvalue weighted by Gasteiger charge is 2.30. The minimum atomic E-state index is -4.44. The van der Waals surface area contributed by atoms with E-state index in [2.05, 4.69) is 10.3 Å². The van der Waals surface area contributed by atoms with Gasteiger partial charge in [0, 0.05) is 0 Å². The number of thioether (sulfide) groups is 1. The van der Waals surface area contributed by atoms with Crippen molar-refractivity contribution >= 4 is 34.6 Å². The number of carbonyl (C=O) groups excluding carboxylic acids is 1. The second kappa shape index (κ2) is 7.84. The number of nitrogens with zero attached hydrogens (tertiary/aromatic N) is 1. The number of nitrogens with one attached hydrogen (secondary N) is 1. The molecule has 1 aliphatic heterocycles. The molecular formula is C20H15F3N2OS. The van der Waals surface area contributed by atoms with Crippen molar-refractivity contribution in [1.29, 1.82) is 0 Å². The third-order valence-electron chi connectivity index (χ3n) is 3.61. The topological polar surface area (TPSA) is 41.5 Å². The van der Waals surface area contributed by atoms with Gasteiger partial charge in [0.05, 0.1) is 16.2 Å². The first-order valence-corrected chi connectivity index (χ1v) is 8.83. The molecule has 1 heterocycles. The molecule has 0 saturated carbocycles. The molecule has 0 radical (unpaired) electrons. The molecule has 3 rings (SSSR count). The smallest absolute Gasteiger partial charge is 0.300 e. The largest absolute Gasteiger partial charge is 0.416 e. The van der Waals surface area contributed by atoms with Gasteiger partial charge in [-0.05, 0) is 54.1 Å². The van der Waals surface area contributed by atoms with Crippen molar-refractivity contribution < 1.29 is 18.0 Å². The first kappa shape index (κ1) is 19.0. The monoisotopic (exact) mass is 388 g/mol. The number of aliphatic imine (C=N–C) groups is 1. The molecule has 1 saturated heterocycles. The highest BCUT2D eigenvalue weighted by Crippen LogP contribution is 2.33. The summed E-state index contributed by atoms with van der Waals surface area (Å²) in [7, 11) is 0. The van der Waals surface area contributed by atoms with Crippen molar-refractivity contribution in [2.45, 2.75) is 13.1 Å². The molecule has 1 aliphatic rings. The number of alkyl halides is 3.